The predicted molar refractivity (Wildman–Crippen MR) is 115 cm³/mol. The summed E-state index contributed by atoms with van der Waals surface area (Å²) in [6, 6.07) is 11.7. The second-order valence-corrected chi connectivity index (χ2v) is 7.19. The fourth-order valence-corrected chi connectivity index (χ4v) is 2.91. The van der Waals surface area contributed by atoms with Crippen LogP contribution in [0.15, 0.2) is 42.5 Å². The van der Waals surface area contributed by atoms with Gasteiger partial charge >= 0.3 is 5.97 Å². The van der Waals surface area contributed by atoms with Crippen LogP contribution in [0.2, 0.25) is 5.02 Å². The normalized spacial score (nSPS) is 11.6. The number of H-pyrrole nitrogens is 1. The first-order valence-corrected chi connectivity index (χ1v) is 9.65. The summed E-state index contributed by atoms with van der Waals surface area (Å²) in [5.41, 5.74) is 3.49. The van der Waals surface area contributed by atoms with Crippen LogP contribution in [-0.4, -0.2) is 35.1 Å². The number of amides is 1. The Balaban J connectivity index is 1.65. The van der Waals surface area contributed by atoms with Gasteiger partial charge in [0.2, 0.25) is 0 Å². The second kappa shape index (κ2) is 9.00. The zero-order valence-corrected chi connectivity index (χ0v) is 17.8. The van der Waals surface area contributed by atoms with E-state index in [9.17, 15) is 9.59 Å². The Morgan fingerprint density at radius 3 is 2.43 bits per heavy atom. The molecule has 0 aliphatic rings. The number of imidazole rings is 1. The topological polar surface area (TPSA) is 93.3 Å². The van der Waals surface area contributed by atoms with Crippen molar-refractivity contribution in [3.05, 3.63) is 64.4 Å². The lowest BCUT2D eigenvalue weighted by Gasteiger charge is -2.15. The number of hydrogen-bond acceptors (Lipinski definition) is 5. The van der Waals surface area contributed by atoms with Gasteiger partial charge in [-0.15, -0.1) is 0 Å². The van der Waals surface area contributed by atoms with Crippen LogP contribution in [0.1, 0.15) is 28.7 Å². The van der Waals surface area contributed by atoms with Gasteiger partial charge in [-0.2, -0.15) is 0 Å². The highest BCUT2D eigenvalue weighted by Gasteiger charge is 2.20. The van der Waals surface area contributed by atoms with Crippen LogP contribution in [0.4, 0.5) is 5.69 Å². The van der Waals surface area contributed by atoms with E-state index in [1.54, 1.807) is 42.5 Å². The fraction of sp³-hybridized carbons (Fsp3) is 0.227. The van der Waals surface area contributed by atoms with Crippen molar-refractivity contribution >= 4 is 29.2 Å². The highest BCUT2D eigenvalue weighted by Crippen LogP contribution is 2.28. The molecule has 8 heteroatoms. The maximum Gasteiger partial charge on any atom is 0.338 e. The number of benzene rings is 2. The minimum absolute atomic E-state index is 0.332. The number of nitrogens with zero attached hydrogens (tertiary/aromatic N) is 1. The van der Waals surface area contributed by atoms with Crippen LogP contribution < -0.4 is 10.1 Å². The van der Waals surface area contributed by atoms with Gasteiger partial charge in [0.1, 0.15) is 11.6 Å². The third-order valence-electron chi connectivity index (χ3n) is 4.59. The Morgan fingerprint density at radius 2 is 1.83 bits per heavy atom. The lowest BCUT2D eigenvalue weighted by atomic mass is 10.1. The van der Waals surface area contributed by atoms with Crippen LogP contribution in [0.3, 0.4) is 0 Å². The molecule has 0 fully saturated rings. The van der Waals surface area contributed by atoms with E-state index in [-0.39, 0.29) is 0 Å². The highest BCUT2D eigenvalue weighted by molar-refractivity contribution is 6.31. The predicted octanol–water partition coefficient (Wildman–Crippen LogP) is 4.54. The van der Waals surface area contributed by atoms with Gasteiger partial charge < -0.3 is 19.8 Å². The van der Waals surface area contributed by atoms with Gasteiger partial charge in [-0.25, -0.2) is 9.78 Å². The number of nitrogens with one attached hydrogen (secondary N) is 2. The zero-order valence-electron chi connectivity index (χ0n) is 17.1. The molecule has 1 heterocycles. The first-order chi connectivity index (χ1) is 14.3. The summed E-state index contributed by atoms with van der Waals surface area (Å²) in [5, 5.41) is 3.10. The minimum Gasteiger partial charge on any atom is -0.495 e. The number of aromatic nitrogens is 2. The molecule has 0 aliphatic carbocycles. The van der Waals surface area contributed by atoms with E-state index in [1.807, 2.05) is 13.8 Å². The summed E-state index contributed by atoms with van der Waals surface area (Å²) in [6.07, 6.45) is -1.02. The Bertz CT molecular complexity index is 1060. The molecule has 2 aromatic carbocycles. The lowest BCUT2D eigenvalue weighted by molar-refractivity contribution is -0.123. The zero-order chi connectivity index (χ0) is 21.8. The maximum absolute atomic E-state index is 12.4. The average molecular weight is 428 g/mol. The number of anilines is 1. The number of carbonyl (C=O) groups is 2. The molecule has 0 radical (unpaired) electrons. The maximum atomic E-state index is 12.4. The smallest absolute Gasteiger partial charge is 0.338 e. The number of halogens is 1. The molecular formula is C22H22ClN3O4. The number of esters is 1. The van der Waals surface area contributed by atoms with Crippen LogP contribution >= 0.6 is 11.6 Å². The molecule has 1 amide bonds. The second-order valence-electron chi connectivity index (χ2n) is 6.75. The van der Waals surface area contributed by atoms with E-state index < -0.39 is 18.0 Å². The van der Waals surface area contributed by atoms with Crippen molar-refractivity contribution in [3.8, 4) is 17.1 Å². The SMILES string of the molecule is COc1ccc(Cl)cc1NC(=O)C(C)OC(=O)c1ccc(-c2nc(C)c(C)[nH]2)cc1. The molecule has 2 N–H and O–H groups in total. The minimum atomic E-state index is -1.02. The molecule has 156 valence electrons. The van der Waals surface area contributed by atoms with Crippen LogP contribution in [-0.2, 0) is 9.53 Å². The molecule has 0 saturated heterocycles. The van der Waals surface area contributed by atoms with E-state index >= 15 is 0 Å². The van der Waals surface area contributed by atoms with Gasteiger partial charge in [-0.05, 0) is 51.1 Å². The molecule has 0 aliphatic heterocycles. The standard InChI is InChI=1S/C22H22ClN3O4/c1-12-13(2)25-20(24-12)15-5-7-16(8-6-15)22(28)30-14(3)21(27)26-18-11-17(23)9-10-19(18)29-4/h5-11,14H,1-4H3,(H,24,25)(H,26,27). The van der Waals surface area contributed by atoms with Gasteiger partial charge in [-0.3, -0.25) is 4.79 Å². The van der Waals surface area contributed by atoms with Gasteiger partial charge in [0.15, 0.2) is 6.10 Å². The molecule has 0 saturated carbocycles. The van der Waals surface area contributed by atoms with Crippen molar-refractivity contribution in [2.45, 2.75) is 26.9 Å². The molecule has 7 nitrogen and oxygen atoms in total. The van der Waals surface area contributed by atoms with Crippen LogP contribution in [0.25, 0.3) is 11.4 Å². The first-order valence-electron chi connectivity index (χ1n) is 9.27. The summed E-state index contributed by atoms with van der Waals surface area (Å²) in [4.78, 5) is 32.5. The number of aromatic amines is 1. The Labute approximate surface area is 179 Å². The van der Waals surface area contributed by atoms with Crippen LogP contribution in [0.5, 0.6) is 5.75 Å². The Morgan fingerprint density at radius 1 is 1.13 bits per heavy atom. The summed E-state index contributed by atoms with van der Waals surface area (Å²) >= 11 is 5.97. The number of aryl methyl sites for hydroxylation is 2. The van der Waals surface area contributed by atoms with Crippen molar-refractivity contribution < 1.29 is 19.1 Å². The van der Waals surface area contributed by atoms with Crippen molar-refractivity contribution in [3.63, 3.8) is 0 Å². The molecular weight excluding hydrogens is 406 g/mol. The number of ether oxygens (including phenoxy) is 2. The molecule has 30 heavy (non-hydrogen) atoms. The molecule has 1 aromatic heterocycles. The summed E-state index contributed by atoms with van der Waals surface area (Å²) in [5.74, 6) is 0.0783. The monoisotopic (exact) mass is 427 g/mol. The molecule has 3 aromatic rings. The number of methoxy groups -OCH3 is 1. The fourth-order valence-electron chi connectivity index (χ4n) is 2.74. The van der Waals surface area contributed by atoms with Gasteiger partial charge in [-0.1, -0.05) is 23.7 Å². The molecule has 0 spiro atoms. The summed E-state index contributed by atoms with van der Waals surface area (Å²) in [6.45, 7) is 5.36. The van der Waals surface area contributed by atoms with E-state index in [2.05, 4.69) is 15.3 Å². The number of carbonyl (C=O) groups excluding carboxylic acids is 2. The third-order valence-corrected chi connectivity index (χ3v) is 4.83. The first kappa shape index (κ1) is 21.4. The molecule has 1 unspecified atom stereocenters. The number of rotatable bonds is 6. The van der Waals surface area contributed by atoms with E-state index in [4.69, 9.17) is 21.1 Å². The summed E-state index contributed by atoms with van der Waals surface area (Å²) < 4.78 is 10.5. The van der Waals surface area contributed by atoms with Crippen LogP contribution in [0, 0.1) is 13.8 Å². The van der Waals surface area contributed by atoms with Gasteiger partial charge in [0.25, 0.3) is 5.91 Å². The largest absolute Gasteiger partial charge is 0.495 e. The van der Waals surface area contributed by atoms with Crippen molar-refractivity contribution in [1.82, 2.24) is 9.97 Å². The number of hydrogen-bond donors (Lipinski definition) is 2. The molecule has 0 bridgehead atoms. The molecule has 1 atom stereocenters. The Kier molecular flexibility index (Phi) is 6.42. The average Bonchev–Trinajstić information content (AvgIpc) is 3.06. The lowest BCUT2D eigenvalue weighted by Crippen LogP contribution is -2.30. The Hall–Kier alpha value is -3.32. The summed E-state index contributed by atoms with van der Waals surface area (Å²) in [7, 11) is 1.48. The van der Waals surface area contributed by atoms with Gasteiger partial charge in [0.05, 0.1) is 24.1 Å². The van der Waals surface area contributed by atoms with E-state index in [1.165, 1.54) is 14.0 Å². The van der Waals surface area contributed by atoms with Crippen molar-refractivity contribution in [1.29, 1.82) is 0 Å². The van der Waals surface area contributed by atoms with Gasteiger partial charge in [0, 0.05) is 16.3 Å². The highest BCUT2D eigenvalue weighted by atomic mass is 35.5. The van der Waals surface area contributed by atoms with Crippen molar-refractivity contribution in [2.75, 3.05) is 12.4 Å². The van der Waals surface area contributed by atoms with Crippen molar-refractivity contribution in [2.24, 2.45) is 0 Å². The van der Waals surface area contributed by atoms with E-state index in [0.717, 1.165) is 22.8 Å². The quantitative estimate of drug-likeness (QED) is 0.563. The third kappa shape index (κ3) is 4.80. The van der Waals surface area contributed by atoms with E-state index in [0.29, 0.717) is 22.0 Å². The molecule has 3 rings (SSSR count).